The molecule has 0 radical (unpaired) electrons. The van der Waals surface area contributed by atoms with Crippen molar-refractivity contribution >= 4 is 23.7 Å². The molecule has 1 fully saturated rings. The Kier molecular flexibility index (Phi) is 4.62. The molecule has 3 heterocycles. The summed E-state index contributed by atoms with van der Waals surface area (Å²) in [5.74, 6) is 0. The van der Waals surface area contributed by atoms with E-state index in [4.69, 9.17) is 0 Å². The van der Waals surface area contributed by atoms with Crippen molar-refractivity contribution in [3.63, 3.8) is 0 Å². The smallest absolute Gasteiger partial charge is 0.275 e. The van der Waals surface area contributed by atoms with Crippen molar-refractivity contribution < 1.29 is 5.11 Å². The van der Waals surface area contributed by atoms with E-state index in [1.165, 1.54) is 6.33 Å². The van der Waals surface area contributed by atoms with Gasteiger partial charge in [0.05, 0.1) is 17.9 Å². The summed E-state index contributed by atoms with van der Waals surface area (Å²) in [6.07, 6.45) is 5.52. The predicted octanol–water partition coefficient (Wildman–Crippen LogP) is 0.364. The first-order valence-corrected chi connectivity index (χ1v) is 7.02. The minimum atomic E-state index is -0.225. The molecule has 0 spiro atoms. The largest absolute Gasteiger partial charge is 0.392 e. The van der Waals surface area contributed by atoms with Crippen molar-refractivity contribution in [3.05, 3.63) is 28.4 Å². The van der Waals surface area contributed by atoms with Gasteiger partial charge >= 0.3 is 0 Å². The van der Waals surface area contributed by atoms with Crippen molar-refractivity contribution in [2.45, 2.75) is 19.1 Å². The van der Waals surface area contributed by atoms with Crippen LogP contribution in [0.5, 0.6) is 0 Å². The maximum atomic E-state index is 11.5. The molecule has 2 aromatic rings. The Hall–Kier alpha value is -1.31. The SMILES string of the molecule is CS.O=c1[nH]cnc2c(CN3CC[C@H](O)C3)c[nH]c12. The highest BCUT2D eigenvalue weighted by atomic mass is 32.1. The molecular formula is C12H18N4O2S. The van der Waals surface area contributed by atoms with E-state index in [9.17, 15) is 9.90 Å². The van der Waals surface area contributed by atoms with Gasteiger partial charge in [-0.3, -0.25) is 9.69 Å². The number of fused-ring (bicyclic) bond motifs is 1. The Bertz CT molecular complexity index is 595. The first-order valence-electron chi connectivity index (χ1n) is 6.13. The molecule has 0 saturated carbocycles. The van der Waals surface area contributed by atoms with Crippen LogP contribution in [0, 0.1) is 0 Å². The second-order valence-electron chi connectivity index (χ2n) is 4.45. The molecule has 0 aliphatic carbocycles. The van der Waals surface area contributed by atoms with E-state index in [0.717, 1.165) is 24.0 Å². The van der Waals surface area contributed by atoms with E-state index in [-0.39, 0.29) is 11.7 Å². The molecule has 3 N–H and O–H groups in total. The highest BCUT2D eigenvalue weighted by Gasteiger charge is 2.21. The number of aromatic amines is 2. The van der Waals surface area contributed by atoms with E-state index < -0.39 is 0 Å². The van der Waals surface area contributed by atoms with Crippen LogP contribution < -0.4 is 5.56 Å². The Morgan fingerprint density at radius 3 is 3.00 bits per heavy atom. The first-order chi connectivity index (χ1) is 9.24. The number of H-pyrrole nitrogens is 2. The average Bonchev–Trinajstić information content (AvgIpc) is 3.01. The molecule has 7 heteroatoms. The number of aliphatic hydroxyl groups excluding tert-OH is 1. The molecule has 0 unspecified atom stereocenters. The Labute approximate surface area is 116 Å². The summed E-state index contributed by atoms with van der Waals surface area (Å²) in [6.45, 7) is 2.29. The fourth-order valence-electron chi connectivity index (χ4n) is 2.32. The summed E-state index contributed by atoms with van der Waals surface area (Å²) in [5.41, 5.74) is 2.08. The number of hydrogen-bond donors (Lipinski definition) is 4. The summed E-state index contributed by atoms with van der Waals surface area (Å²) >= 11 is 3.53. The van der Waals surface area contributed by atoms with Gasteiger partial charge in [0.25, 0.3) is 5.56 Å². The number of nitrogens with one attached hydrogen (secondary N) is 2. The van der Waals surface area contributed by atoms with E-state index in [1.807, 2.05) is 6.20 Å². The molecule has 1 aliphatic rings. The molecule has 0 amide bonds. The Balaban J connectivity index is 0.000000637. The van der Waals surface area contributed by atoms with Crippen molar-refractivity contribution in [1.29, 1.82) is 0 Å². The number of nitrogens with zero attached hydrogens (tertiary/aromatic N) is 2. The number of hydrogen-bond acceptors (Lipinski definition) is 5. The monoisotopic (exact) mass is 282 g/mol. The van der Waals surface area contributed by atoms with Crippen molar-refractivity contribution in [2.75, 3.05) is 19.3 Å². The molecule has 1 atom stereocenters. The van der Waals surface area contributed by atoms with Gasteiger partial charge in [-0.05, 0) is 12.7 Å². The minimum absolute atomic E-state index is 0.150. The maximum absolute atomic E-state index is 11.5. The lowest BCUT2D eigenvalue weighted by Crippen LogP contribution is -2.21. The summed E-state index contributed by atoms with van der Waals surface area (Å²) in [5, 5.41) is 9.47. The number of β-amino-alcohol motifs (C(OH)–C–C–N with tert-alkyl or cyclic N) is 1. The van der Waals surface area contributed by atoms with Crippen LogP contribution >= 0.6 is 12.6 Å². The zero-order valence-corrected chi connectivity index (χ0v) is 11.7. The third kappa shape index (κ3) is 2.99. The van der Waals surface area contributed by atoms with Gasteiger partial charge in [-0.2, -0.15) is 12.6 Å². The van der Waals surface area contributed by atoms with Gasteiger partial charge in [-0.25, -0.2) is 4.98 Å². The number of thiol groups is 1. The van der Waals surface area contributed by atoms with Crippen LogP contribution in [-0.2, 0) is 6.54 Å². The third-order valence-corrected chi connectivity index (χ3v) is 3.19. The van der Waals surface area contributed by atoms with E-state index in [0.29, 0.717) is 18.6 Å². The van der Waals surface area contributed by atoms with Crippen LogP contribution in [-0.4, -0.2) is 50.4 Å². The van der Waals surface area contributed by atoms with Crippen LogP contribution in [0.2, 0.25) is 0 Å². The summed E-state index contributed by atoms with van der Waals surface area (Å²) in [7, 11) is 0. The van der Waals surface area contributed by atoms with Crippen LogP contribution in [0.3, 0.4) is 0 Å². The van der Waals surface area contributed by atoms with Crippen LogP contribution in [0.15, 0.2) is 17.3 Å². The van der Waals surface area contributed by atoms with Crippen molar-refractivity contribution in [3.8, 4) is 0 Å². The van der Waals surface area contributed by atoms with Crippen LogP contribution in [0.4, 0.5) is 0 Å². The fraction of sp³-hybridized carbons (Fsp3) is 0.500. The minimum Gasteiger partial charge on any atom is -0.392 e. The molecule has 19 heavy (non-hydrogen) atoms. The Morgan fingerprint density at radius 1 is 1.53 bits per heavy atom. The van der Waals surface area contributed by atoms with Crippen LogP contribution in [0.1, 0.15) is 12.0 Å². The number of aromatic nitrogens is 3. The fourth-order valence-corrected chi connectivity index (χ4v) is 2.32. The summed E-state index contributed by atoms with van der Waals surface area (Å²) in [6, 6.07) is 0. The zero-order valence-electron chi connectivity index (χ0n) is 10.8. The lowest BCUT2D eigenvalue weighted by Gasteiger charge is -2.13. The molecule has 0 aromatic carbocycles. The van der Waals surface area contributed by atoms with Gasteiger partial charge < -0.3 is 15.1 Å². The molecule has 104 valence electrons. The van der Waals surface area contributed by atoms with Gasteiger partial charge in [0.2, 0.25) is 0 Å². The average molecular weight is 282 g/mol. The molecule has 3 rings (SSSR count). The number of aliphatic hydroxyl groups is 1. The van der Waals surface area contributed by atoms with Gasteiger partial charge in [0, 0.05) is 31.4 Å². The lowest BCUT2D eigenvalue weighted by atomic mass is 10.2. The van der Waals surface area contributed by atoms with Crippen molar-refractivity contribution in [1.82, 2.24) is 19.9 Å². The summed E-state index contributed by atoms with van der Waals surface area (Å²) < 4.78 is 0. The number of likely N-dealkylation sites (tertiary alicyclic amines) is 1. The second kappa shape index (κ2) is 6.23. The molecule has 2 aromatic heterocycles. The quantitative estimate of drug-likeness (QED) is 0.599. The summed E-state index contributed by atoms with van der Waals surface area (Å²) in [4.78, 5) is 23.3. The standard InChI is InChI=1S/C11H14N4O2.CH4S/c16-8-1-2-15(5-8)4-7-3-12-10-9(7)13-6-14-11(10)17;1-2/h3,6,8,12,16H,1-2,4-5H2,(H,13,14,17);2H,1H3/t8-;/m0./s1. The highest BCUT2D eigenvalue weighted by Crippen LogP contribution is 2.17. The van der Waals surface area contributed by atoms with E-state index >= 15 is 0 Å². The maximum Gasteiger partial charge on any atom is 0.275 e. The molecule has 6 nitrogen and oxygen atoms in total. The first kappa shape index (κ1) is 14.1. The molecule has 1 saturated heterocycles. The topological polar surface area (TPSA) is 85.0 Å². The lowest BCUT2D eigenvalue weighted by molar-refractivity contribution is 0.175. The highest BCUT2D eigenvalue weighted by molar-refractivity contribution is 7.79. The van der Waals surface area contributed by atoms with E-state index in [2.05, 4.69) is 32.5 Å². The third-order valence-electron chi connectivity index (χ3n) is 3.19. The van der Waals surface area contributed by atoms with Gasteiger partial charge in [0.1, 0.15) is 5.52 Å². The van der Waals surface area contributed by atoms with Gasteiger partial charge in [-0.1, -0.05) is 0 Å². The molecule has 1 aliphatic heterocycles. The second-order valence-corrected chi connectivity index (χ2v) is 4.45. The number of rotatable bonds is 2. The van der Waals surface area contributed by atoms with Crippen molar-refractivity contribution in [2.24, 2.45) is 0 Å². The Morgan fingerprint density at radius 2 is 2.32 bits per heavy atom. The van der Waals surface area contributed by atoms with E-state index in [1.54, 1.807) is 6.26 Å². The predicted molar refractivity (Wildman–Crippen MR) is 77.5 cm³/mol. The van der Waals surface area contributed by atoms with Gasteiger partial charge in [0.15, 0.2) is 0 Å². The van der Waals surface area contributed by atoms with Crippen LogP contribution in [0.25, 0.3) is 11.0 Å². The normalized spacial score (nSPS) is 19.4. The van der Waals surface area contributed by atoms with Gasteiger partial charge in [-0.15, -0.1) is 0 Å². The molecule has 0 bridgehead atoms. The zero-order chi connectivity index (χ0) is 13.8. The molecular weight excluding hydrogens is 264 g/mol.